The van der Waals surface area contributed by atoms with E-state index in [0.29, 0.717) is 36.1 Å². The number of hydrogen-bond acceptors (Lipinski definition) is 8. The highest BCUT2D eigenvalue weighted by molar-refractivity contribution is 7.21. The summed E-state index contributed by atoms with van der Waals surface area (Å²) in [5.74, 6) is 1.24. The van der Waals surface area contributed by atoms with Crippen molar-refractivity contribution in [2.24, 2.45) is 5.92 Å². The van der Waals surface area contributed by atoms with Crippen LogP contribution in [0.1, 0.15) is 48.1 Å². The van der Waals surface area contributed by atoms with Gasteiger partial charge in [-0.05, 0) is 64.3 Å². The molecule has 2 fully saturated rings. The largest absolute Gasteiger partial charge is 0.491 e. The van der Waals surface area contributed by atoms with Crippen LogP contribution in [0.2, 0.25) is 0 Å². The number of thiophene rings is 1. The van der Waals surface area contributed by atoms with Crippen molar-refractivity contribution in [2.45, 2.75) is 58.2 Å². The Morgan fingerprint density at radius 2 is 2.03 bits per heavy atom. The van der Waals surface area contributed by atoms with Crippen molar-refractivity contribution in [3.63, 3.8) is 0 Å². The Morgan fingerprint density at radius 1 is 1.21 bits per heavy atom. The molecule has 3 aliphatic rings. The van der Waals surface area contributed by atoms with Crippen molar-refractivity contribution in [3.8, 4) is 5.75 Å². The summed E-state index contributed by atoms with van der Waals surface area (Å²) in [6.07, 6.45) is 1.43. The van der Waals surface area contributed by atoms with Crippen molar-refractivity contribution in [1.82, 2.24) is 15.2 Å². The highest BCUT2D eigenvalue weighted by Gasteiger charge is 2.44. The molecule has 206 valence electrons. The van der Waals surface area contributed by atoms with Gasteiger partial charge in [0.25, 0.3) is 5.91 Å². The molecule has 0 bridgehead atoms. The number of nitrogens with two attached hydrogens (primary N) is 1. The average Bonchev–Trinajstić information content (AvgIpc) is 3.19. The highest BCUT2D eigenvalue weighted by atomic mass is 32.1. The highest BCUT2D eigenvalue weighted by Crippen LogP contribution is 2.40. The van der Waals surface area contributed by atoms with Gasteiger partial charge in [-0.1, -0.05) is 6.07 Å². The number of hydrogen-bond donors (Lipinski definition) is 2. The first kappa shape index (κ1) is 25.7. The number of carbonyl (C=O) groups is 2. The lowest BCUT2D eigenvalue weighted by atomic mass is 9.82. The zero-order valence-corrected chi connectivity index (χ0v) is 23.6. The average molecular weight is 550 g/mol. The topological polar surface area (TPSA) is 110 Å². The second kappa shape index (κ2) is 9.59. The van der Waals surface area contributed by atoms with Crippen LogP contribution in [-0.2, 0) is 11.2 Å². The fraction of sp³-hybridized carbons (Fsp3) is 0.483. The number of piperidine rings is 1. The summed E-state index contributed by atoms with van der Waals surface area (Å²) in [6, 6.07) is 10.3. The maximum absolute atomic E-state index is 13.1. The van der Waals surface area contributed by atoms with Crippen molar-refractivity contribution in [2.75, 3.05) is 36.9 Å². The van der Waals surface area contributed by atoms with E-state index in [1.165, 1.54) is 11.3 Å². The van der Waals surface area contributed by atoms with Crippen LogP contribution < -0.4 is 20.7 Å². The smallest absolute Gasteiger partial charge is 0.410 e. The fourth-order valence-electron chi connectivity index (χ4n) is 5.73. The summed E-state index contributed by atoms with van der Waals surface area (Å²) in [4.78, 5) is 35.7. The summed E-state index contributed by atoms with van der Waals surface area (Å²) >= 11 is 1.32. The van der Waals surface area contributed by atoms with E-state index in [1.807, 2.05) is 44.7 Å². The van der Waals surface area contributed by atoms with Crippen LogP contribution in [-0.4, -0.2) is 65.8 Å². The Labute approximate surface area is 232 Å². The lowest BCUT2D eigenvalue weighted by Gasteiger charge is -2.54. The minimum absolute atomic E-state index is 0.149. The molecule has 3 N–H and O–H groups in total. The number of likely N-dealkylation sites (tertiary alicyclic amines) is 1. The van der Waals surface area contributed by atoms with E-state index in [4.69, 9.17) is 15.2 Å². The van der Waals surface area contributed by atoms with Gasteiger partial charge in [0.2, 0.25) is 0 Å². The van der Waals surface area contributed by atoms with Gasteiger partial charge in [-0.25, -0.2) is 9.78 Å². The molecule has 1 aromatic carbocycles. The molecule has 0 saturated carbocycles. The van der Waals surface area contributed by atoms with Crippen LogP contribution in [0.5, 0.6) is 5.75 Å². The number of fused-ring (bicyclic) bond motifs is 3. The van der Waals surface area contributed by atoms with Gasteiger partial charge in [-0.15, -0.1) is 11.3 Å². The van der Waals surface area contributed by atoms with Gasteiger partial charge < -0.3 is 30.3 Å². The third-order valence-corrected chi connectivity index (χ3v) is 8.88. The maximum Gasteiger partial charge on any atom is 0.410 e. The number of aromatic nitrogens is 1. The molecule has 2 amide bonds. The van der Waals surface area contributed by atoms with E-state index in [2.05, 4.69) is 33.4 Å². The van der Waals surface area contributed by atoms with Crippen LogP contribution in [0, 0.1) is 12.8 Å². The molecule has 3 atom stereocenters. The molecule has 2 aromatic heterocycles. The number of ether oxygens (including phenoxy) is 2. The zero-order valence-electron chi connectivity index (χ0n) is 22.8. The summed E-state index contributed by atoms with van der Waals surface area (Å²) in [5.41, 5.74) is 9.31. The normalized spacial score (nSPS) is 22.4. The van der Waals surface area contributed by atoms with E-state index >= 15 is 0 Å². The SMILES string of the molecule is Cc1ccc2c(N)c(C(=O)N[C@H]3COc4cc(N5C[C@@H]6CCN(C(=O)OC(C)(C)C)C[C@@H]65)ccc4C3)sc2n1. The zero-order chi connectivity index (χ0) is 27.5. The number of benzene rings is 1. The predicted molar refractivity (Wildman–Crippen MR) is 153 cm³/mol. The van der Waals surface area contributed by atoms with E-state index in [1.54, 1.807) is 0 Å². The second-order valence-corrected chi connectivity index (χ2v) is 12.8. The molecule has 0 spiro atoms. The molecule has 6 rings (SSSR count). The monoisotopic (exact) mass is 549 g/mol. The van der Waals surface area contributed by atoms with Crippen molar-refractivity contribution in [1.29, 1.82) is 0 Å². The van der Waals surface area contributed by atoms with E-state index in [0.717, 1.165) is 52.4 Å². The number of amides is 2. The molecule has 39 heavy (non-hydrogen) atoms. The standard InChI is InChI=1S/C29H35N5O4S/c1-16-5-8-21-24(30)25(39-27(21)31-16)26(35)32-19-11-17-6-7-20(12-23(17)37-15-19)34-13-18-9-10-33(14-22(18)34)28(36)38-29(2,3)4/h5-8,12,18-19,22H,9-11,13-15,30H2,1-4H3,(H,32,35)/t18-,19+,22-/m0/s1. The van der Waals surface area contributed by atoms with Gasteiger partial charge in [0.15, 0.2) is 0 Å². The molecule has 3 aliphatic heterocycles. The van der Waals surface area contributed by atoms with Gasteiger partial charge in [0.1, 0.15) is 27.7 Å². The fourth-order valence-corrected chi connectivity index (χ4v) is 6.77. The Bertz CT molecular complexity index is 1450. The summed E-state index contributed by atoms with van der Waals surface area (Å²) in [6.45, 7) is 10.4. The molecule has 5 heterocycles. The lowest BCUT2D eigenvalue weighted by Crippen LogP contribution is -2.65. The van der Waals surface area contributed by atoms with Gasteiger partial charge in [0.05, 0.1) is 17.8 Å². The number of rotatable bonds is 3. The quantitative estimate of drug-likeness (QED) is 0.499. The first-order valence-electron chi connectivity index (χ1n) is 13.5. The second-order valence-electron chi connectivity index (χ2n) is 11.8. The number of nitrogen functional groups attached to an aromatic ring is 1. The van der Waals surface area contributed by atoms with E-state index in [-0.39, 0.29) is 24.1 Å². The number of nitrogens with one attached hydrogen (secondary N) is 1. The molecule has 0 radical (unpaired) electrons. The van der Waals surface area contributed by atoms with Crippen molar-refractivity contribution >= 4 is 44.9 Å². The van der Waals surface area contributed by atoms with E-state index < -0.39 is 5.60 Å². The molecular formula is C29H35N5O4S. The predicted octanol–water partition coefficient (Wildman–Crippen LogP) is 4.37. The van der Waals surface area contributed by atoms with Crippen LogP contribution in [0.3, 0.4) is 0 Å². The van der Waals surface area contributed by atoms with Crippen LogP contribution in [0.4, 0.5) is 16.2 Å². The molecule has 0 unspecified atom stereocenters. The third kappa shape index (κ3) is 4.97. The molecular weight excluding hydrogens is 514 g/mol. The van der Waals surface area contributed by atoms with Crippen LogP contribution in [0.25, 0.3) is 10.2 Å². The van der Waals surface area contributed by atoms with Gasteiger partial charge in [-0.3, -0.25) is 4.79 Å². The summed E-state index contributed by atoms with van der Waals surface area (Å²) in [5, 5.41) is 3.91. The minimum atomic E-state index is -0.499. The molecule has 9 nitrogen and oxygen atoms in total. The molecule has 2 saturated heterocycles. The Balaban J connectivity index is 1.10. The van der Waals surface area contributed by atoms with Crippen LogP contribution in [0.15, 0.2) is 30.3 Å². The third-order valence-electron chi connectivity index (χ3n) is 7.77. The Morgan fingerprint density at radius 3 is 2.82 bits per heavy atom. The Hall–Kier alpha value is -3.53. The number of nitrogens with zero attached hydrogens (tertiary/aromatic N) is 3. The summed E-state index contributed by atoms with van der Waals surface area (Å²) < 4.78 is 11.7. The number of aryl methyl sites for hydroxylation is 1. The maximum atomic E-state index is 13.1. The van der Waals surface area contributed by atoms with Gasteiger partial charge in [0, 0.05) is 48.4 Å². The van der Waals surface area contributed by atoms with E-state index in [9.17, 15) is 9.59 Å². The molecule has 0 aliphatic carbocycles. The lowest BCUT2D eigenvalue weighted by molar-refractivity contribution is 0.0107. The molecule has 10 heteroatoms. The molecule has 3 aromatic rings. The van der Waals surface area contributed by atoms with Gasteiger partial charge in [-0.2, -0.15) is 0 Å². The van der Waals surface area contributed by atoms with Crippen LogP contribution >= 0.6 is 11.3 Å². The summed E-state index contributed by atoms with van der Waals surface area (Å²) in [7, 11) is 0. The Kier molecular flexibility index (Phi) is 6.32. The number of carbonyl (C=O) groups excluding carboxylic acids is 2. The first-order chi connectivity index (χ1) is 18.6. The number of anilines is 2. The minimum Gasteiger partial charge on any atom is -0.491 e. The number of pyridine rings is 1. The first-order valence-corrected chi connectivity index (χ1v) is 14.3. The van der Waals surface area contributed by atoms with Crippen molar-refractivity contribution < 1.29 is 19.1 Å². The van der Waals surface area contributed by atoms with Crippen molar-refractivity contribution in [3.05, 3.63) is 46.5 Å². The van der Waals surface area contributed by atoms with Gasteiger partial charge >= 0.3 is 6.09 Å².